The van der Waals surface area contributed by atoms with E-state index in [0.29, 0.717) is 0 Å². The van der Waals surface area contributed by atoms with Crippen molar-refractivity contribution in [1.29, 1.82) is 0 Å². The fourth-order valence-electron chi connectivity index (χ4n) is 1.68. The van der Waals surface area contributed by atoms with Gasteiger partial charge in [-0.05, 0) is 33.6 Å². The van der Waals surface area contributed by atoms with Crippen molar-refractivity contribution in [1.82, 2.24) is 4.90 Å². The topological polar surface area (TPSA) is 91.8 Å². The molecule has 0 aromatic rings. The Morgan fingerprint density at radius 3 is 2.15 bits per heavy atom. The van der Waals surface area contributed by atoms with Gasteiger partial charge in [0.25, 0.3) is 0 Å². The van der Waals surface area contributed by atoms with Crippen LogP contribution in [0.25, 0.3) is 0 Å². The van der Waals surface area contributed by atoms with Gasteiger partial charge in [-0.1, -0.05) is 6.92 Å². The number of amides is 1. The number of rotatable bonds is 6. The average Bonchev–Trinajstić information content (AvgIpc) is 3.06. The molecule has 0 radical (unpaired) electrons. The second kappa shape index (κ2) is 5.71. The average molecular weight is 305 g/mol. The molecule has 0 heterocycles. The van der Waals surface area contributed by atoms with Gasteiger partial charge in [0.1, 0.15) is 5.75 Å². The third kappa shape index (κ3) is 4.19. The maximum Gasteiger partial charge on any atom is 0.308 e. The molecule has 1 unspecified atom stereocenters. The van der Waals surface area contributed by atoms with Crippen LogP contribution in [0.3, 0.4) is 0 Å². The molecular formula is C13H23NO5S. The Bertz CT molecular complexity index is 487. The maximum absolute atomic E-state index is 12.2. The number of carboxylic acids is 1. The van der Waals surface area contributed by atoms with Crippen LogP contribution >= 0.6 is 0 Å². The van der Waals surface area contributed by atoms with Gasteiger partial charge in [0.2, 0.25) is 5.91 Å². The van der Waals surface area contributed by atoms with Crippen LogP contribution in [0.15, 0.2) is 0 Å². The molecule has 1 fully saturated rings. The van der Waals surface area contributed by atoms with Crippen LogP contribution in [0.4, 0.5) is 0 Å². The zero-order valence-corrected chi connectivity index (χ0v) is 13.2. The van der Waals surface area contributed by atoms with Crippen LogP contribution < -0.4 is 0 Å². The molecule has 1 atom stereocenters. The van der Waals surface area contributed by atoms with Gasteiger partial charge in [0.05, 0.1) is 10.7 Å². The fraction of sp³-hybridized carbons (Fsp3) is 0.846. The van der Waals surface area contributed by atoms with E-state index >= 15 is 0 Å². The number of carbonyl (C=O) groups excluding carboxylic acids is 1. The summed E-state index contributed by atoms with van der Waals surface area (Å²) in [5.74, 6) is -2.73. The SMILES string of the molecule is CC(CN(C(=O)CS(=O)(=O)C(C)(C)C)C1CC1)C(=O)O. The summed E-state index contributed by atoms with van der Waals surface area (Å²) in [6.07, 6.45) is 1.63. The van der Waals surface area contributed by atoms with Crippen molar-refractivity contribution in [2.24, 2.45) is 5.92 Å². The summed E-state index contributed by atoms with van der Waals surface area (Å²) in [5.41, 5.74) is 0. The van der Waals surface area contributed by atoms with Gasteiger partial charge in [-0.2, -0.15) is 0 Å². The Morgan fingerprint density at radius 1 is 1.30 bits per heavy atom. The first kappa shape index (κ1) is 16.9. The first-order valence-electron chi connectivity index (χ1n) is 6.70. The van der Waals surface area contributed by atoms with Gasteiger partial charge < -0.3 is 10.0 Å². The lowest BCUT2D eigenvalue weighted by Crippen LogP contribution is -2.44. The Labute approximate surface area is 120 Å². The van der Waals surface area contributed by atoms with Gasteiger partial charge in [0.15, 0.2) is 9.84 Å². The van der Waals surface area contributed by atoms with Crippen molar-refractivity contribution in [3.8, 4) is 0 Å². The fourth-order valence-corrected chi connectivity index (χ4v) is 2.60. The lowest BCUT2D eigenvalue weighted by Gasteiger charge is -2.26. The summed E-state index contributed by atoms with van der Waals surface area (Å²) in [5, 5.41) is 8.92. The van der Waals surface area contributed by atoms with Crippen LogP contribution in [0, 0.1) is 5.92 Å². The molecule has 1 saturated carbocycles. The van der Waals surface area contributed by atoms with Crippen molar-refractivity contribution in [2.45, 2.75) is 51.3 Å². The summed E-state index contributed by atoms with van der Waals surface area (Å²) in [4.78, 5) is 24.5. The second-order valence-electron chi connectivity index (χ2n) is 6.39. The van der Waals surface area contributed by atoms with Gasteiger partial charge in [-0.25, -0.2) is 8.42 Å². The molecular weight excluding hydrogens is 282 g/mol. The third-order valence-electron chi connectivity index (χ3n) is 3.45. The Kier molecular flexibility index (Phi) is 4.84. The molecule has 1 aliphatic rings. The van der Waals surface area contributed by atoms with Gasteiger partial charge in [0, 0.05) is 12.6 Å². The van der Waals surface area contributed by atoms with Gasteiger partial charge >= 0.3 is 5.97 Å². The van der Waals surface area contributed by atoms with Crippen molar-refractivity contribution < 1.29 is 23.1 Å². The van der Waals surface area contributed by atoms with E-state index in [0.717, 1.165) is 12.8 Å². The van der Waals surface area contributed by atoms with Crippen molar-refractivity contribution in [3.63, 3.8) is 0 Å². The van der Waals surface area contributed by atoms with Gasteiger partial charge in [-0.3, -0.25) is 9.59 Å². The normalized spacial score (nSPS) is 17.6. The van der Waals surface area contributed by atoms with Crippen molar-refractivity contribution in [3.05, 3.63) is 0 Å². The minimum Gasteiger partial charge on any atom is -0.481 e. The lowest BCUT2D eigenvalue weighted by atomic mass is 10.1. The number of hydrogen-bond acceptors (Lipinski definition) is 4. The highest BCUT2D eigenvalue weighted by Gasteiger charge is 2.38. The predicted octanol–water partition coefficient (Wildman–Crippen LogP) is 0.911. The molecule has 116 valence electrons. The number of carboxylic acid groups (broad SMARTS) is 1. The highest BCUT2D eigenvalue weighted by molar-refractivity contribution is 7.93. The van der Waals surface area contributed by atoms with Crippen molar-refractivity contribution in [2.75, 3.05) is 12.3 Å². The number of aliphatic carboxylic acids is 1. The quantitative estimate of drug-likeness (QED) is 0.787. The van der Waals surface area contributed by atoms with Crippen LogP contribution in [-0.4, -0.2) is 53.4 Å². The monoisotopic (exact) mass is 305 g/mol. The zero-order chi connectivity index (χ0) is 15.7. The summed E-state index contributed by atoms with van der Waals surface area (Å²) < 4.78 is 23.1. The first-order valence-corrected chi connectivity index (χ1v) is 8.35. The number of carbonyl (C=O) groups is 2. The predicted molar refractivity (Wildman–Crippen MR) is 75.1 cm³/mol. The van der Waals surface area contributed by atoms with E-state index in [2.05, 4.69) is 0 Å². The van der Waals surface area contributed by atoms with E-state index in [-0.39, 0.29) is 12.6 Å². The molecule has 0 spiro atoms. The first-order chi connectivity index (χ1) is 8.95. The van der Waals surface area contributed by atoms with E-state index in [1.807, 2.05) is 0 Å². The molecule has 0 bridgehead atoms. The Balaban J connectivity index is 2.79. The number of nitrogens with zero attached hydrogens (tertiary/aromatic N) is 1. The van der Waals surface area contributed by atoms with Crippen LogP contribution in [0.1, 0.15) is 40.5 Å². The summed E-state index contributed by atoms with van der Waals surface area (Å²) in [7, 11) is -3.54. The molecule has 0 aliphatic heterocycles. The van der Waals surface area contributed by atoms with E-state index in [1.165, 1.54) is 11.8 Å². The van der Waals surface area contributed by atoms with Crippen molar-refractivity contribution >= 4 is 21.7 Å². The summed E-state index contributed by atoms with van der Waals surface area (Å²) in [6, 6.07) is -0.000492. The molecule has 0 saturated heterocycles. The minimum atomic E-state index is -3.54. The zero-order valence-electron chi connectivity index (χ0n) is 12.4. The molecule has 20 heavy (non-hydrogen) atoms. The molecule has 1 amide bonds. The summed E-state index contributed by atoms with van der Waals surface area (Å²) in [6.45, 7) is 6.24. The molecule has 1 rings (SSSR count). The molecule has 0 aromatic carbocycles. The highest BCUT2D eigenvalue weighted by atomic mass is 32.2. The molecule has 1 N–H and O–H groups in total. The number of hydrogen-bond donors (Lipinski definition) is 1. The highest BCUT2D eigenvalue weighted by Crippen LogP contribution is 2.28. The minimum absolute atomic E-state index is 0.000492. The Morgan fingerprint density at radius 2 is 1.80 bits per heavy atom. The standard InChI is InChI=1S/C13H23NO5S/c1-9(12(16)17)7-14(10-5-6-10)11(15)8-20(18,19)13(2,3)4/h9-10H,5-8H2,1-4H3,(H,16,17). The Hall–Kier alpha value is -1.11. The van der Waals surface area contributed by atoms with E-state index in [4.69, 9.17) is 5.11 Å². The second-order valence-corrected chi connectivity index (χ2v) is 9.13. The van der Waals surface area contributed by atoms with E-state index in [1.54, 1.807) is 20.8 Å². The third-order valence-corrected chi connectivity index (χ3v) is 5.94. The van der Waals surface area contributed by atoms with Crippen LogP contribution in [-0.2, 0) is 19.4 Å². The van der Waals surface area contributed by atoms with Crippen LogP contribution in [0.5, 0.6) is 0 Å². The molecule has 7 heteroatoms. The summed E-state index contributed by atoms with van der Waals surface area (Å²) >= 11 is 0. The van der Waals surface area contributed by atoms with Crippen LogP contribution in [0.2, 0.25) is 0 Å². The number of sulfone groups is 1. The van der Waals surface area contributed by atoms with E-state index in [9.17, 15) is 18.0 Å². The molecule has 1 aliphatic carbocycles. The molecule has 0 aromatic heterocycles. The van der Waals surface area contributed by atoms with E-state index < -0.39 is 38.1 Å². The molecule has 6 nitrogen and oxygen atoms in total. The maximum atomic E-state index is 12.2. The van der Waals surface area contributed by atoms with Gasteiger partial charge in [-0.15, -0.1) is 0 Å². The lowest BCUT2D eigenvalue weighted by molar-refractivity contribution is -0.142. The largest absolute Gasteiger partial charge is 0.481 e. The smallest absolute Gasteiger partial charge is 0.308 e.